The summed E-state index contributed by atoms with van der Waals surface area (Å²) in [4.78, 5) is 0. The predicted molar refractivity (Wildman–Crippen MR) is 90.5 cm³/mol. The van der Waals surface area contributed by atoms with Gasteiger partial charge in [0.2, 0.25) is 0 Å². The van der Waals surface area contributed by atoms with E-state index >= 15 is 0 Å². The highest BCUT2D eigenvalue weighted by Gasteiger charge is 2.07. The topological polar surface area (TPSA) is 54.3 Å². The number of nitrogens with one attached hydrogen (secondary N) is 1. The minimum absolute atomic E-state index is 0.111. The molecular formula is C19H22N2O2. The van der Waals surface area contributed by atoms with Gasteiger partial charge in [0.25, 0.3) is 0 Å². The SMILES string of the molecule is COc1cc(CNCc2cccc(C#N)c2)ccc1OC(C)C. The zero-order valence-corrected chi connectivity index (χ0v) is 13.8. The summed E-state index contributed by atoms with van der Waals surface area (Å²) in [6.07, 6.45) is 0.111. The average Bonchev–Trinajstić information content (AvgIpc) is 2.56. The lowest BCUT2D eigenvalue weighted by molar-refractivity contribution is 0.230. The van der Waals surface area contributed by atoms with Crippen LogP contribution in [0.25, 0.3) is 0 Å². The molecule has 120 valence electrons. The average molecular weight is 310 g/mol. The summed E-state index contributed by atoms with van der Waals surface area (Å²) in [6.45, 7) is 5.41. The van der Waals surface area contributed by atoms with E-state index in [9.17, 15) is 0 Å². The van der Waals surface area contributed by atoms with Gasteiger partial charge in [0.1, 0.15) is 0 Å². The van der Waals surface area contributed by atoms with Gasteiger partial charge in [-0.1, -0.05) is 18.2 Å². The van der Waals surface area contributed by atoms with Gasteiger partial charge in [-0.25, -0.2) is 0 Å². The van der Waals surface area contributed by atoms with Crippen LogP contribution in [-0.4, -0.2) is 13.2 Å². The van der Waals surface area contributed by atoms with Crippen LogP contribution in [-0.2, 0) is 13.1 Å². The molecule has 0 amide bonds. The van der Waals surface area contributed by atoms with Crippen LogP contribution < -0.4 is 14.8 Å². The summed E-state index contributed by atoms with van der Waals surface area (Å²) < 4.78 is 11.1. The first-order valence-electron chi connectivity index (χ1n) is 7.65. The summed E-state index contributed by atoms with van der Waals surface area (Å²) >= 11 is 0. The van der Waals surface area contributed by atoms with Gasteiger partial charge in [-0.2, -0.15) is 5.26 Å². The highest BCUT2D eigenvalue weighted by Crippen LogP contribution is 2.28. The third kappa shape index (κ3) is 5.01. The Hall–Kier alpha value is -2.51. The predicted octanol–water partition coefficient (Wildman–Crippen LogP) is 3.64. The Labute approximate surface area is 137 Å². The maximum absolute atomic E-state index is 8.92. The standard InChI is InChI=1S/C19H22N2O2/c1-14(2)23-18-8-7-17(10-19(18)22-3)13-21-12-16-6-4-5-15(9-16)11-20/h4-10,14,21H,12-13H2,1-3H3. The molecule has 0 saturated carbocycles. The third-order valence-corrected chi connectivity index (χ3v) is 3.31. The molecule has 0 aliphatic heterocycles. The van der Waals surface area contributed by atoms with E-state index in [2.05, 4.69) is 11.4 Å². The molecule has 0 spiro atoms. The molecule has 0 bridgehead atoms. The second kappa shape index (κ2) is 8.21. The Kier molecular flexibility index (Phi) is 6.02. The van der Waals surface area contributed by atoms with Crippen LogP contribution in [0.1, 0.15) is 30.5 Å². The van der Waals surface area contributed by atoms with Gasteiger partial charge < -0.3 is 14.8 Å². The second-order valence-electron chi connectivity index (χ2n) is 5.57. The molecule has 0 aromatic heterocycles. The molecule has 23 heavy (non-hydrogen) atoms. The van der Waals surface area contributed by atoms with E-state index in [0.29, 0.717) is 12.1 Å². The smallest absolute Gasteiger partial charge is 0.161 e. The maximum atomic E-state index is 8.92. The third-order valence-electron chi connectivity index (χ3n) is 3.31. The molecule has 2 rings (SSSR count). The summed E-state index contributed by atoms with van der Waals surface area (Å²) in [5.74, 6) is 1.50. The van der Waals surface area contributed by atoms with Crippen LogP contribution in [0.5, 0.6) is 11.5 Å². The van der Waals surface area contributed by atoms with Gasteiger partial charge in [0, 0.05) is 13.1 Å². The van der Waals surface area contributed by atoms with Crippen LogP contribution in [0, 0.1) is 11.3 Å². The van der Waals surface area contributed by atoms with E-state index in [1.807, 2.05) is 56.3 Å². The van der Waals surface area contributed by atoms with E-state index in [1.165, 1.54) is 0 Å². The van der Waals surface area contributed by atoms with E-state index in [0.717, 1.165) is 29.2 Å². The normalized spacial score (nSPS) is 10.4. The first kappa shape index (κ1) is 16.9. The maximum Gasteiger partial charge on any atom is 0.161 e. The molecule has 2 aromatic rings. The molecule has 0 fully saturated rings. The van der Waals surface area contributed by atoms with Gasteiger partial charge in [0.05, 0.1) is 24.8 Å². The molecule has 0 saturated heterocycles. The summed E-state index contributed by atoms with van der Waals surface area (Å²) in [6, 6.07) is 15.7. The lowest BCUT2D eigenvalue weighted by Gasteiger charge is -2.14. The van der Waals surface area contributed by atoms with Crippen LogP contribution in [0.4, 0.5) is 0 Å². The van der Waals surface area contributed by atoms with Gasteiger partial charge >= 0.3 is 0 Å². The largest absolute Gasteiger partial charge is 0.493 e. The van der Waals surface area contributed by atoms with Crippen molar-refractivity contribution >= 4 is 0 Å². The molecule has 4 nitrogen and oxygen atoms in total. The first-order chi connectivity index (χ1) is 11.1. The lowest BCUT2D eigenvalue weighted by Crippen LogP contribution is -2.13. The van der Waals surface area contributed by atoms with Gasteiger partial charge in [-0.15, -0.1) is 0 Å². The number of hydrogen-bond acceptors (Lipinski definition) is 4. The van der Waals surface area contributed by atoms with Crippen molar-refractivity contribution < 1.29 is 9.47 Å². The van der Waals surface area contributed by atoms with Gasteiger partial charge in [-0.05, 0) is 49.2 Å². The number of nitrogens with zero attached hydrogens (tertiary/aromatic N) is 1. The van der Waals surface area contributed by atoms with E-state index in [1.54, 1.807) is 7.11 Å². The molecule has 1 N–H and O–H groups in total. The van der Waals surface area contributed by atoms with E-state index in [-0.39, 0.29) is 6.10 Å². The second-order valence-corrected chi connectivity index (χ2v) is 5.57. The lowest BCUT2D eigenvalue weighted by atomic mass is 10.1. The number of methoxy groups -OCH3 is 1. The van der Waals surface area contributed by atoms with Crippen molar-refractivity contribution in [3.05, 3.63) is 59.2 Å². The Bertz CT molecular complexity index is 690. The number of hydrogen-bond donors (Lipinski definition) is 1. The number of nitriles is 1. The van der Waals surface area contributed by atoms with Gasteiger partial charge in [-0.3, -0.25) is 0 Å². The molecule has 0 aliphatic carbocycles. The Balaban J connectivity index is 1.96. The Morgan fingerprint density at radius 2 is 1.78 bits per heavy atom. The molecule has 2 aromatic carbocycles. The summed E-state index contributed by atoms with van der Waals surface area (Å²) in [7, 11) is 1.65. The zero-order chi connectivity index (χ0) is 16.7. The van der Waals surface area contributed by atoms with Crippen molar-refractivity contribution in [2.75, 3.05) is 7.11 Å². The zero-order valence-electron chi connectivity index (χ0n) is 13.8. The van der Waals surface area contributed by atoms with Crippen molar-refractivity contribution in [1.82, 2.24) is 5.32 Å². The summed E-state index contributed by atoms with van der Waals surface area (Å²) in [5, 5.41) is 12.3. The van der Waals surface area contributed by atoms with E-state index in [4.69, 9.17) is 14.7 Å². The van der Waals surface area contributed by atoms with Crippen LogP contribution in [0.2, 0.25) is 0 Å². The fourth-order valence-corrected chi connectivity index (χ4v) is 2.28. The van der Waals surface area contributed by atoms with Crippen LogP contribution in [0.3, 0.4) is 0 Å². The number of rotatable bonds is 7. The highest BCUT2D eigenvalue weighted by atomic mass is 16.5. The van der Waals surface area contributed by atoms with Crippen LogP contribution >= 0.6 is 0 Å². The number of benzene rings is 2. The van der Waals surface area contributed by atoms with E-state index < -0.39 is 0 Å². The Morgan fingerprint density at radius 1 is 1.04 bits per heavy atom. The van der Waals surface area contributed by atoms with Crippen LogP contribution in [0.15, 0.2) is 42.5 Å². The molecular weight excluding hydrogens is 288 g/mol. The Morgan fingerprint density at radius 3 is 2.43 bits per heavy atom. The monoisotopic (exact) mass is 310 g/mol. The number of ether oxygens (including phenoxy) is 2. The molecule has 0 atom stereocenters. The van der Waals surface area contributed by atoms with Crippen molar-refractivity contribution in [1.29, 1.82) is 5.26 Å². The quantitative estimate of drug-likeness (QED) is 0.848. The molecule has 4 heteroatoms. The van der Waals surface area contributed by atoms with Gasteiger partial charge in [0.15, 0.2) is 11.5 Å². The fourth-order valence-electron chi connectivity index (χ4n) is 2.28. The molecule has 0 aliphatic rings. The minimum atomic E-state index is 0.111. The summed E-state index contributed by atoms with van der Waals surface area (Å²) in [5.41, 5.74) is 2.89. The van der Waals surface area contributed by atoms with Crippen molar-refractivity contribution in [2.45, 2.75) is 33.0 Å². The molecule has 0 radical (unpaired) electrons. The van der Waals surface area contributed by atoms with Crippen molar-refractivity contribution in [3.63, 3.8) is 0 Å². The first-order valence-corrected chi connectivity index (χ1v) is 7.65. The van der Waals surface area contributed by atoms with Crippen molar-refractivity contribution in [2.24, 2.45) is 0 Å². The highest BCUT2D eigenvalue weighted by molar-refractivity contribution is 5.43. The molecule has 0 unspecified atom stereocenters. The minimum Gasteiger partial charge on any atom is -0.493 e. The fraction of sp³-hybridized carbons (Fsp3) is 0.316. The van der Waals surface area contributed by atoms with Crippen molar-refractivity contribution in [3.8, 4) is 17.6 Å². The molecule has 0 heterocycles.